The Morgan fingerprint density at radius 1 is 1.16 bits per heavy atom. The van der Waals surface area contributed by atoms with E-state index >= 15 is 0 Å². The normalized spacial score (nSPS) is 11.4. The molecule has 0 saturated heterocycles. The highest BCUT2D eigenvalue weighted by Crippen LogP contribution is 2.20. The van der Waals surface area contributed by atoms with Gasteiger partial charge in [0.05, 0.1) is 30.0 Å². The molecule has 0 unspecified atom stereocenters. The number of aromatic nitrogens is 2. The monoisotopic (exact) mass is 418 g/mol. The average Bonchev–Trinajstić information content (AvgIpc) is 3.21. The summed E-state index contributed by atoms with van der Waals surface area (Å²) in [6.45, 7) is 5.38. The molecule has 31 heavy (non-hydrogen) atoms. The summed E-state index contributed by atoms with van der Waals surface area (Å²) in [5.74, 6) is 0.631. The molecule has 0 aliphatic rings. The third kappa shape index (κ3) is 6.03. The molecule has 6 nitrogen and oxygen atoms in total. The van der Waals surface area contributed by atoms with Crippen LogP contribution in [0.5, 0.6) is 0 Å². The second kappa shape index (κ2) is 11.7. The molecular formula is C25H30N4O2. The fourth-order valence-electron chi connectivity index (χ4n) is 3.45. The van der Waals surface area contributed by atoms with Crippen molar-refractivity contribution in [2.75, 3.05) is 20.1 Å². The average molecular weight is 419 g/mol. The number of ketones is 1. The van der Waals surface area contributed by atoms with Gasteiger partial charge < -0.3 is 15.2 Å². The van der Waals surface area contributed by atoms with Crippen molar-refractivity contribution < 1.29 is 9.59 Å². The summed E-state index contributed by atoms with van der Waals surface area (Å²) >= 11 is 0. The van der Waals surface area contributed by atoms with Gasteiger partial charge in [0.1, 0.15) is 5.82 Å². The molecule has 0 saturated carbocycles. The minimum absolute atomic E-state index is 0.0324. The quantitative estimate of drug-likeness (QED) is 0.410. The van der Waals surface area contributed by atoms with E-state index in [2.05, 4.69) is 35.1 Å². The zero-order valence-electron chi connectivity index (χ0n) is 18.4. The fraction of sp³-hybridized carbons (Fsp3) is 0.320. The van der Waals surface area contributed by atoms with Gasteiger partial charge in [-0.1, -0.05) is 37.3 Å². The number of likely N-dealkylation sites (N-methyl/N-ethyl adjacent to an activating group) is 1. The number of imidazole rings is 1. The van der Waals surface area contributed by atoms with Crippen LogP contribution >= 0.6 is 0 Å². The number of Topliss-reactive ketones (excluding diaryl/α,β-unsaturated/α-hetero) is 1. The van der Waals surface area contributed by atoms with Crippen LogP contribution in [0.3, 0.4) is 0 Å². The number of carbonyl (C=O) groups excluding carboxylic acids is 2. The second-order valence-electron chi connectivity index (χ2n) is 7.26. The van der Waals surface area contributed by atoms with E-state index in [1.54, 1.807) is 13.1 Å². The van der Waals surface area contributed by atoms with Crippen LogP contribution in [0.15, 0.2) is 48.5 Å². The number of nitrogens with zero attached hydrogens (tertiary/aromatic N) is 2. The Labute approximate surface area is 184 Å². The molecule has 0 aliphatic heterocycles. The van der Waals surface area contributed by atoms with Crippen LogP contribution < -0.4 is 5.32 Å². The minimum Gasteiger partial charge on any atom is -0.340 e. The first-order valence-electron chi connectivity index (χ1n) is 10.4. The Kier molecular flexibility index (Phi) is 8.98. The van der Waals surface area contributed by atoms with Crippen molar-refractivity contribution in [2.24, 2.45) is 0 Å². The fourth-order valence-corrected chi connectivity index (χ4v) is 3.45. The van der Waals surface area contributed by atoms with Crippen LogP contribution in [0.2, 0.25) is 0 Å². The zero-order chi connectivity index (χ0) is 22.8. The van der Waals surface area contributed by atoms with Crippen molar-refractivity contribution in [1.29, 1.82) is 0 Å². The third-order valence-electron chi connectivity index (χ3n) is 5.01. The highest BCUT2D eigenvalue weighted by molar-refractivity contribution is 6.00. The lowest BCUT2D eigenvalue weighted by atomic mass is 9.99. The summed E-state index contributed by atoms with van der Waals surface area (Å²) in [5, 5.41) is 2.88. The lowest BCUT2D eigenvalue weighted by molar-refractivity contribution is -0.133. The van der Waals surface area contributed by atoms with E-state index < -0.39 is 0 Å². The molecule has 3 rings (SSSR count). The molecule has 162 valence electrons. The lowest BCUT2D eigenvalue weighted by Crippen LogP contribution is -2.34. The summed E-state index contributed by atoms with van der Waals surface area (Å²) in [4.78, 5) is 35.0. The molecule has 0 aliphatic carbocycles. The Balaban J connectivity index is 0.00000166. The molecule has 2 N–H and O–H groups in total. The van der Waals surface area contributed by atoms with E-state index in [0.717, 1.165) is 28.8 Å². The molecule has 1 amide bonds. The van der Waals surface area contributed by atoms with Gasteiger partial charge in [0.25, 0.3) is 0 Å². The van der Waals surface area contributed by atoms with Crippen LogP contribution in [0.1, 0.15) is 47.9 Å². The molecule has 0 bridgehead atoms. The highest BCUT2D eigenvalue weighted by Gasteiger charge is 2.22. The van der Waals surface area contributed by atoms with Crippen molar-refractivity contribution in [3.63, 3.8) is 0 Å². The Morgan fingerprint density at radius 2 is 1.87 bits per heavy atom. The van der Waals surface area contributed by atoms with Crippen LogP contribution in [0.4, 0.5) is 0 Å². The number of terminal acetylenes is 1. The standard InChI is InChI=1S/C23H28N4O2.C2H2/c1-4-12-27(23(29)16(2)17-8-6-5-7-9-17)15-22-25-19-11-10-18(13-20(19)26-22)21(28)14-24-3;1-2/h5-11,13,16,24H,4,12,14-15H2,1-3H3,(H,25,26);1-2H/t16-;/m1./s1. The van der Waals surface area contributed by atoms with Crippen molar-refractivity contribution >= 4 is 22.7 Å². The second-order valence-corrected chi connectivity index (χ2v) is 7.26. The van der Waals surface area contributed by atoms with Gasteiger partial charge in [0.15, 0.2) is 5.78 Å². The number of carbonyl (C=O) groups is 2. The van der Waals surface area contributed by atoms with Gasteiger partial charge in [0, 0.05) is 12.1 Å². The van der Waals surface area contributed by atoms with Crippen molar-refractivity contribution in [3.8, 4) is 12.8 Å². The number of hydrogen-bond donors (Lipinski definition) is 2. The van der Waals surface area contributed by atoms with Gasteiger partial charge in [0.2, 0.25) is 5.91 Å². The van der Waals surface area contributed by atoms with Gasteiger partial charge in [-0.05, 0) is 44.2 Å². The van der Waals surface area contributed by atoms with Crippen LogP contribution in [-0.2, 0) is 11.3 Å². The van der Waals surface area contributed by atoms with E-state index in [0.29, 0.717) is 25.2 Å². The molecular weight excluding hydrogens is 388 g/mol. The zero-order valence-corrected chi connectivity index (χ0v) is 18.4. The first kappa shape index (κ1) is 23.8. The number of H-pyrrole nitrogens is 1. The van der Waals surface area contributed by atoms with Crippen molar-refractivity contribution in [2.45, 2.75) is 32.7 Å². The van der Waals surface area contributed by atoms with E-state index in [4.69, 9.17) is 0 Å². The van der Waals surface area contributed by atoms with Gasteiger partial charge >= 0.3 is 0 Å². The Bertz CT molecular complexity index is 1020. The molecule has 0 fully saturated rings. The highest BCUT2D eigenvalue weighted by atomic mass is 16.2. The van der Waals surface area contributed by atoms with E-state index in [-0.39, 0.29) is 17.6 Å². The Morgan fingerprint density at radius 3 is 2.52 bits per heavy atom. The predicted molar refractivity (Wildman–Crippen MR) is 125 cm³/mol. The summed E-state index contributed by atoms with van der Waals surface area (Å²) < 4.78 is 0. The largest absolute Gasteiger partial charge is 0.340 e. The summed E-state index contributed by atoms with van der Waals surface area (Å²) in [7, 11) is 1.75. The molecule has 6 heteroatoms. The van der Waals surface area contributed by atoms with Crippen molar-refractivity contribution in [1.82, 2.24) is 20.2 Å². The molecule has 3 aromatic rings. The minimum atomic E-state index is -0.210. The van der Waals surface area contributed by atoms with Crippen LogP contribution in [0.25, 0.3) is 11.0 Å². The topological polar surface area (TPSA) is 78.1 Å². The van der Waals surface area contributed by atoms with E-state index in [1.807, 2.05) is 54.3 Å². The number of nitrogens with one attached hydrogen (secondary N) is 2. The number of fused-ring (bicyclic) bond motifs is 1. The van der Waals surface area contributed by atoms with Gasteiger partial charge in [-0.25, -0.2) is 4.98 Å². The molecule has 1 heterocycles. The molecule has 0 radical (unpaired) electrons. The van der Waals surface area contributed by atoms with E-state index in [9.17, 15) is 9.59 Å². The van der Waals surface area contributed by atoms with Crippen LogP contribution in [-0.4, -0.2) is 46.7 Å². The lowest BCUT2D eigenvalue weighted by Gasteiger charge is -2.25. The predicted octanol–water partition coefficient (Wildman–Crippen LogP) is 3.76. The molecule has 2 aromatic carbocycles. The van der Waals surface area contributed by atoms with Gasteiger partial charge in [-0.15, -0.1) is 12.8 Å². The third-order valence-corrected chi connectivity index (χ3v) is 5.01. The maximum Gasteiger partial charge on any atom is 0.230 e. The number of benzene rings is 2. The first-order chi connectivity index (χ1) is 15.0. The number of amides is 1. The summed E-state index contributed by atoms with van der Waals surface area (Å²) in [5.41, 5.74) is 3.25. The SMILES string of the molecule is C#C.CCCN(Cc1nc2ccc(C(=O)CNC)cc2[nH]1)C(=O)[C@H](C)c1ccccc1. The summed E-state index contributed by atoms with van der Waals surface area (Å²) in [6, 6.07) is 15.3. The van der Waals surface area contributed by atoms with Gasteiger partial charge in [-0.3, -0.25) is 9.59 Å². The maximum absolute atomic E-state index is 13.1. The smallest absolute Gasteiger partial charge is 0.230 e. The van der Waals surface area contributed by atoms with Crippen LogP contribution in [0, 0.1) is 12.8 Å². The molecule has 1 aromatic heterocycles. The van der Waals surface area contributed by atoms with Crippen molar-refractivity contribution in [3.05, 3.63) is 65.5 Å². The number of aromatic amines is 1. The molecule has 0 spiro atoms. The van der Waals surface area contributed by atoms with E-state index in [1.165, 1.54) is 0 Å². The number of rotatable bonds is 9. The number of hydrogen-bond acceptors (Lipinski definition) is 4. The molecule has 1 atom stereocenters. The Hall–Kier alpha value is -3.43. The maximum atomic E-state index is 13.1. The van der Waals surface area contributed by atoms with Gasteiger partial charge in [-0.2, -0.15) is 0 Å². The first-order valence-corrected chi connectivity index (χ1v) is 10.4. The summed E-state index contributed by atoms with van der Waals surface area (Å²) in [6.07, 6.45) is 8.87.